The number of carbonyl (C=O) groups excluding carboxylic acids is 1. The molecule has 0 bridgehead atoms. The van der Waals surface area contributed by atoms with Crippen LogP contribution in [-0.4, -0.2) is 142 Å². The van der Waals surface area contributed by atoms with Gasteiger partial charge in [0.05, 0.1) is 26.4 Å². The first-order valence-corrected chi connectivity index (χ1v) is 26.4. The number of allylic oxidation sites excluding steroid dienone is 24. The number of unbranched alkanes of at least 4 members (excludes halogenated alkanes) is 1. The molecule has 0 aromatic carbocycles. The van der Waals surface area contributed by atoms with E-state index in [1.807, 2.05) is 12.2 Å². The highest BCUT2D eigenvalue weighted by atomic mass is 16.7. The molecule has 2 aliphatic rings. The third-order valence-electron chi connectivity index (χ3n) is 11.4. The van der Waals surface area contributed by atoms with E-state index in [9.17, 15) is 40.5 Å². The van der Waals surface area contributed by atoms with Crippen LogP contribution in [0.25, 0.3) is 0 Å². The summed E-state index contributed by atoms with van der Waals surface area (Å²) in [5.74, 6) is -0.485. The lowest BCUT2D eigenvalue weighted by atomic mass is 9.98. The maximum atomic E-state index is 13.0. The van der Waals surface area contributed by atoms with Crippen molar-refractivity contribution in [2.45, 2.75) is 184 Å². The lowest BCUT2D eigenvalue weighted by Crippen LogP contribution is -2.61. The van der Waals surface area contributed by atoms with E-state index in [4.69, 9.17) is 28.4 Å². The second-order valence-corrected chi connectivity index (χ2v) is 17.6. The minimum Gasteiger partial charge on any atom is -0.457 e. The third kappa shape index (κ3) is 31.4. The van der Waals surface area contributed by atoms with Crippen molar-refractivity contribution in [3.63, 3.8) is 0 Å². The molecule has 0 amide bonds. The number of aliphatic hydroxyl groups excluding tert-OH is 7. The van der Waals surface area contributed by atoms with Gasteiger partial charge in [-0.15, -0.1) is 0 Å². The predicted molar refractivity (Wildman–Crippen MR) is 288 cm³/mol. The van der Waals surface area contributed by atoms with E-state index in [1.165, 1.54) is 0 Å². The van der Waals surface area contributed by atoms with Crippen molar-refractivity contribution in [3.05, 3.63) is 146 Å². The zero-order valence-electron chi connectivity index (χ0n) is 43.5. The summed E-state index contributed by atoms with van der Waals surface area (Å²) in [6, 6.07) is 0. The van der Waals surface area contributed by atoms with Gasteiger partial charge in [-0.2, -0.15) is 0 Å². The molecule has 0 aromatic rings. The average molecular weight is 1020 g/mol. The number of esters is 1. The molecule has 11 atom stereocenters. The second-order valence-electron chi connectivity index (χ2n) is 17.6. The Morgan fingerprint density at radius 1 is 0.452 bits per heavy atom. The van der Waals surface area contributed by atoms with Gasteiger partial charge in [-0.3, -0.25) is 4.79 Å². The Labute approximate surface area is 436 Å². The first-order chi connectivity index (χ1) is 35.6. The number of aliphatic hydroxyl groups is 7. The first kappa shape index (κ1) is 65.0. The Kier molecular flexibility index (Phi) is 39.3. The van der Waals surface area contributed by atoms with Crippen molar-refractivity contribution in [3.8, 4) is 0 Å². The molecule has 7 N–H and O–H groups in total. The van der Waals surface area contributed by atoms with Crippen LogP contribution < -0.4 is 0 Å². The molecule has 73 heavy (non-hydrogen) atoms. The summed E-state index contributed by atoms with van der Waals surface area (Å²) in [6.07, 6.45) is 47.9. The van der Waals surface area contributed by atoms with Gasteiger partial charge in [-0.05, 0) is 96.3 Å². The SMILES string of the molecule is CC/C=C\C/C=C\C/C=C\C/C=C\C/C=C\C/C=C\CCCOCC(COC1OC(COC2OC(CO)C(O)C(O)C2O)C(O)C(O)C1O)OC(=O)CC/C=C\C/C=C\C/C=C\C/C=C\C/C=C\C/C=C\CC. The van der Waals surface area contributed by atoms with Crippen LogP contribution in [0.4, 0.5) is 0 Å². The van der Waals surface area contributed by atoms with Crippen molar-refractivity contribution >= 4 is 5.97 Å². The molecular weight excluding hydrogens is 933 g/mol. The Morgan fingerprint density at radius 2 is 0.822 bits per heavy atom. The normalized spacial score (nSPS) is 26.2. The average Bonchev–Trinajstić information content (AvgIpc) is 3.39. The van der Waals surface area contributed by atoms with E-state index >= 15 is 0 Å². The molecule has 0 spiro atoms. The highest BCUT2D eigenvalue weighted by Gasteiger charge is 2.47. The summed E-state index contributed by atoms with van der Waals surface area (Å²) in [5, 5.41) is 72.2. The van der Waals surface area contributed by atoms with E-state index in [2.05, 4.69) is 148 Å². The van der Waals surface area contributed by atoms with Crippen LogP contribution in [0.2, 0.25) is 0 Å². The molecule has 0 aliphatic carbocycles. The number of hydrogen-bond acceptors (Lipinski definition) is 14. The summed E-state index contributed by atoms with van der Waals surface area (Å²) < 4.78 is 34.1. The molecule has 0 saturated carbocycles. The zero-order valence-corrected chi connectivity index (χ0v) is 43.5. The zero-order chi connectivity index (χ0) is 53.0. The molecule has 0 aromatic heterocycles. The molecule has 2 saturated heterocycles. The summed E-state index contributed by atoms with van der Waals surface area (Å²) in [6.45, 7) is 3.15. The van der Waals surface area contributed by atoms with Crippen molar-refractivity contribution in [1.29, 1.82) is 0 Å². The van der Waals surface area contributed by atoms with Crippen molar-refractivity contribution in [1.82, 2.24) is 0 Å². The first-order valence-electron chi connectivity index (χ1n) is 26.4. The van der Waals surface area contributed by atoms with Crippen molar-refractivity contribution in [2.75, 3.05) is 33.0 Å². The summed E-state index contributed by atoms with van der Waals surface area (Å²) >= 11 is 0. The molecule has 2 heterocycles. The molecule has 2 rings (SSSR count). The lowest BCUT2D eigenvalue weighted by molar-refractivity contribution is -0.332. The van der Waals surface area contributed by atoms with Gasteiger partial charge in [0, 0.05) is 13.0 Å². The maximum Gasteiger partial charge on any atom is 0.306 e. The van der Waals surface area contributed by atoms with E-state index in [1.54, 1.807) is 0 Å². The number of carbonyl (C=O) groups is 1. The van der Waals surface area contributed by atoms with Crippen LogP contribution in [0.3, 0.4) is 0 Å². The second kappa shape index (κ2) is 44.2. The molecule has 11 unspecified atom stereocenters. The van der Waals surface area contributed by atoms with Gasteiger partial charge in [0.1, 0.15) is 54.9 Å². The van der Waals surface area contributed by atoms with Crippen LogP contribution in [0.5, 0.6) is 0 Å². The molecule has 410 valence electrons. The van der Waals surface area contributed by atoms with Gasteiger partial charge in [0.15, 0.2) is 12.6 Å². The van der Waals surface area contributed by atoms with Crippen molar-refractivity contribution in [2.24, 2.45) is 0 Å². The Morgan fingerprint density at radius 3 is 1.25 bits per heavy atom. The fraction of sp³-hybridized carbons (Fsp3) is 0.576. The van der Waals surface area contributed by atoms with Gasteiger partial charge in [0.25, 0.3) is 0 Å². The number of ether oxygens (including phenoxy) is 6. The number of hydrogen-bond donors (Lipinski definition) is 7. The van der Waals surface area contributed by atoms with Crippen LogP contribution in [0.1, 0.15) is 117 Å². The van der Waals surface area contributed by atoms with Crippen LogP contribution in [-0.2, 0) is 33.2 Å². The van der Waals surface area contributed by atoms with Crippen LogP contribution in [0, 0.1) is 0 Å². The molecule has 2 fully saturated rings. The topological polar surface area (TPSA) is 214 Å². The fourth-order valence-electron chi connectivity index (χ4n) is 7.15. The largest absolute Gasteiger partial charge is 0.457 e. The molecule has 0 radical (unpaired) electrons. The smallest absolute Gasteiger partial charge is 0.306 e. The lowest BCUT2D eigenvalue weighted by Gasteiger charge is -2.42. The van der Waals surface area contributed by atoms with E-state index < -0.39 is 86.7 Å². The molecular formula is C59H90O14. The van der Waals surface area contributed by atoms with Crippen LogP contribution >= 0.6 is 0 Å². The van der Waals surface area contributed by atoms with E-state index in [-0.39, 0.29) is 19.6 Å². The fourth-order valence-corrected chi connectivity index (χ4v) is 7.15. The maximum absolute atomic E-state index is 13.0. The number of rotatable bonds is 39. The Balaban J connectivity index is 1.83. The standard InChI is InChI=1S/C59H90O14/c1-3-5-7-9-11-13-15-17-19-21-23-25-27-29-31-33-35-37-39-41-43-68-45-48(71-51(61)42-40-38-36-34-32-30-28-26-24-22-20-18-16-14-12-10-8-6-4-2)46-69-58-57(67)55(65)53(63)50(73-58)47-70-59-56(66)54(64)52(62)49(44-60)72-59/h5-8,11-14,17-20,23-26,29-32,35-38,48-50,52-60,62-67H,3-4,9-10,15-16,21-22,27-28,33-34,39-47H2,1-2H3/b7-5-,8-6-,13-11-,14-12-,19-17-,20-18-,25-23-,26-24-,31-29-,32-30-,37-35-,38-36-. The van der Waals surface area contributed by atoms with Gasteiger partial charge in [0.2, 0.25) is 0 Å². The quantitative estimate of drug-likeness (QED) is 0.0175. The minimum absolute atomic E-state index is 0.0208. The summed E-state index contributed by atoms with van der Waals surface area (Å²) in [5.41, 5.74) is 0. The summed E-state index contributed by atoms with van der Waals surface area (Å²) in [4.78, 5) is 13.0. The molecule has 2 aliphatic heterocycles. The molecule has 14 nitrogen and oxygen atoms in total. The van der Waals surface area contributed by atoms with Gasteiger partial charge >= 0.3 is 5.97 Å². The van der Waals surface area contributed by atoms with Gasteiger partial charge in [-0.25, -0.2) is 0 Å². The van der Waals surface area contributed by atoms with Gasteiger partial charge < -0.3 is 64.2 Å². The third-order valence-corrected chi connectivity index (χ3v) is 11.4. The van der Waals surface area contributed by atoms with E-state index in [0.29, 0.717) is 13.0 Å². The minimum atomic E-state index is -1.74. The van der Waals surface area contributed by atoms with E-state index in [0.717, 1.165) is 89.9 Å². The Bertz CT molecular complexity index is 1760. The predicted octanol–water partition coefficient (Wildman–Crippen LogP) is 8.51. The highest BCUT2D eigenvalue weighted by molar-refractivity contribution is 5.69. The Hall–Kier alpha value is -4.13. The van der Waals surface area contributed by atoms with Crippen molar-refractivity contribution < 1.29 is 69.0 Å². The van der Waals surface area contributed by atoms with Gasteiger partial charge in [-0.1, -0.05) is 160 Å². The highest BCUT2D eigenvalue weighted by Crippen LogP contribution is 2.26. The molecule has 14 heteroatoms. The van der Waals surface area contributed by atoms with Crippen LogP contribution in [0.15, 0.2) is 146 Å². The summed E-state index contributed by atoms with van der Waals surface area (Å²) in [7, 11) is 0. The monoisotopic (exact) mass is 1020 g/mol.